The van der Waals surface area contributed by atoms with Crippen LogP contribution in [0.2, 0.25) is 0 Å². The van der Waals surface area contributed by atoms with Gasteiger partial charge in [0.2, 0.25) is 17.6 Å². The minimum atomic E-state index is -4.64. The number of thioether (sulfide) groups is 1. The van der Waals surface area contributed by atoms with Crippen molar-refractivity contribution in [3.05, 3.63) is 35.9 Å². The van der Waals surface area contributed by atoms with Crippen molar-refractivity contribution in [2.45, 2.75) is 11.3 Å². The summed E-state index contributed by atoms with van der Waals surface area (Å²) in [5.41, 5.74) is 0.371. The van der Waals surface area contributed by atoms with E-state index in [0.717, 1.165) is 28.3 Å². The number of carbonyl (C=O) groups excluding carboxylic acids is 2. The van der Waals surface area contributed by atoms with Gasteiger partial charge in [-0.1, -0.05) is 11.8 Å². The van der Waals surface area contributed by atoms with Crippen molar-refractivity contribution in [3.8, 4) is 0 Å². The van der Waals surface area contributed by atoms with Crippen LogP contribution in [0.4, 0.5) is 23.2 Å². The molecule has 146 valence electrons. The molecular formula is C15H15F4N5O2S. The van der Waals surface area contributed by atoms with Crippen molar-refractivity contribution in [2.24, 2.45) is 7.05 Å². The minimum absolute atomic E-state index is 0.0696. The predicted octanol–water partition coefficient (Wildman–Crippen LogP) is 2.16. The van der Waals surface area contributed by atoms with Gasteiger partial charge >= 0.3 is 6.18 Å². The number of halogens is 4. The minimum Gasteiger partial charge on any atom is -0.336 e. The molecule has 1 aromatic heterocycles. The van der Waals surface area contributed by atoms with Crippen LogP contribution in [-0.4, -0.2) is 50.8 Å². The summed E-state index contributed by atoms with van der Waals surface area (Å²) < 4.78 is 51.5. The zero-order valence-corrected chi connectivity index (χ0v) is 15.1. The van der Waals surface area contributed by atoms with E-state index in [9.17, 15) is 27.2 Å². The number of nitrogens with zero attached hydrogens (tertiary/aromatic N) is 4. The second-order valence-corrected chi connectivity index (χ2v) is 6.40. The van der Waals surface area contributed by atoms with Gasteiger partial charge in [0.25, 0.3) is 0 Å². The van der Waals surface area contributed by atoms with Gasteiger partial charge in [-0.15, -0.1) is 10.2 Å². The lowest BCUT2D eigenvalue weighted by Crippen LogP contribution is -2.36. The van der Waals surface area contributed by atoms with Crippen LogP contribution in [0, 0.1) is 5.82 Å². The summed E-state index contributed by atoms with van der Waals surface area (Å²) in [5.74, 6) is -2.81. The van der Waals surface area contributed by atoms with E-state index in [1.807, 2.05) is 0 Å². The standard InChI is InChI=1S/C15H15F4N5O2S/c1-23(7-11(25)20-10-5-3-9(16)4-6-10)12(26)8-27-14-22-21-13(24(14)2)15(17,18)19/h3-6H,7-8H2,1-2H3,(H,20,25). The molecule has 2 rings (SSSR count). The number of anilines is 1. The van der Waals surface area contributed by atoms with E-state index < -0.39 is 29.6 Å². The average Bonchev–Trinajstić information content (AvgIpc) is 2.95. The summed E-state index contributed by atoms with van der Waals surface area (Å²) in [6.45, 7) is -0.274. The Labute approximate surface area is 155 Å². The smallest absolute Gasteiger partial charge is 0.336 e. The highest BCUT2D eigenvalue weighted by Crippen LogP contribution is 2.29. The van der Waals surface area contributed by atoms with Gasteiger partial charge in [0.05, 0.1) is 12.3 Å². The third kappa shape index (κ3) is 5.67. The molecule has 0 unspecified atom stereocenters. The summed E-state index contributed by atoms with van der Waals surface area (Å²) in [6.07, 6.45) is -4.64. The van der Waals surface area contributed by atoms with E-state index in [0.29, 0.717) is 5.69 Å². The third-order valence-electron chi connectivity index (χ3n) is 3.35. The van der Waals surface area contributed by atoms with Crippen molar-refractivity contribution in [2.75, 3.05) is 24.7 Å². The Bertz CT molecular complexity index is 823. The number of rotatable bonds is 6. The molecule has 2 amide bonds. The maximum atomic E-state index is 12.8. The van der Waals surface area contributed by atoms with Crippen LogP contribution in [-0.2, 0) is 22.8 Å². The second kappa shape index (κ2) is 8.37. The van der Waals surface area contributed by atoms with E-state index in [2.05, 4.69) is 15.5 Å². The third-order valence-corrected chi connectivity index (χ3v) is 4.35. The molecule has 0 aliphatic rings. The van der Waals surface area contributed by atoms with Gasteiger partial charge in [-0.3, -0.25) is 9.59 Å². The number of likely N-dealkylation sites (N-methyl/N-ethyl adjacent to an activating group) is 1. The molecule has 7 nitrogen and oxygen atoms in total. The predicted molar refractivity (Wildman–Crippen MR) is 89.4 cm³/mol. The Hall–Kier alpha value is -2.63. The van der Waals surface area contributed by atoms with E-state index in [-0.39, 0.29) is 17.5 Å². The molecule has 0 saturated carbocycles. The highest BCUT2D eigenvalue weighted by atomic mass is 32.2. The number of benzene rings is 1. The molecule has 12 heteroatoms. The molecule has 1 N–H and O–H groups in total. The molecule has 0 radical (unpaired) electrons. The fraction of sp³-hybridized carbons (Fsp3) is 0.333. The molecule has 0 aliphatic heterocycles. The summed E-state index contributed by atoms with van der Waals surface area (Å²) >= 11 is 0.778. The highest BCUT2D eigenvalue weighted by Gasteiger charge is 2.37. The number of nitrogens with one attached hydrogen (secondary N) is 1. The van der Waals surface area contributed by atoms with Crippen molar-refractivity contribution in [1.29, 1.82) is 0 Å². The van der Waals surface area contributed by atoms with Crippen LogP contribution >= 0.6 is 11.8 Å². The Morgan fingerprint density at radius 1 is 1.22 bits per heavy atom. The molecule has 27 heavy (non-hydrogen) atoms. The summed E-state index contributed by atoms with van der Waals surface area (Å²) in [6, 6.07) is 5.10. The molecule has 1 heterocycles. The summed E-state index contributed by atoms with van der Waals surface area (Å²) in [4.78, 5) is 25.1. The lowest BCUT2D eigenvalue weighted by Gasteiger charge is -2.16. The fourth-order valence-electron chi connectivity index (χ4n) is 1.96. The maximum absolute atomic E-state index is 12.8. The molecule has 0 atom stereocenters. The number of aromatic nitrogens is 3. The SMILES string of the molecule is CN(CC(=O)Nc1ccc(F)cc1)C(=O)CSc1nnc(C(F)(F)F)n1C. The normalized spacial score (nSPS) is 11.3. The summed E-state index contributed by atoms with van der Waals surface area (Å²) in [5, 5.41) is 8.91. The maximum Gasteiger partial charge on any atom is 0.451 e. The van der Waals surface area contributed by atoms with E-state index >= 15 is 0 Å². The van der Waals surface area contributed by atoms with Crippen LogP contribution in [0.25, 0.3) is 0 Å². The van der Waals surface area contributed by atoms with Crippen molar-refractivity contribution >= 4 is 29.3 Å². The van der Waals surface area contributed by atoms with E-state index in [4.69, 9.17) is 0 Å². The lowest BCUT2D eigenvalue weighted by molar-refractivity contribution is -0.147. The Balaban J connectivity index is 1.86. The van der Waals surface area contributed by atoms with Crippen molar-refractivity contribution < 1.29 is 27.2 Å². The number of alkyl halides is 3. The molecule has 2 aromatic rings. The monoisotopic (exact) mass is 405 g/mol. The van der Waals surface area contributed by atoms with Gasteiger partial charge in [0.15, 0.2) is 5.16 Å². The number of hydrogen-bond donors (Lipinski definition) is 1. The zero-order chi connectivity index (χ0) is 20.2. The Kier molecular flexibility index (Phi) is 6.41. The molecule has 0 saturated heterocycles. The van der Waals surface area contributed by atoms with Crippen molar-refractivity contribution in [3.63, 3.8) is 0 Å². The first-order valence-electron chi connectivity index (χ1n) is 7.46. The molecular weight excluding hydrogens is 390 g/mol. The number of carbonyl (C=O) groups is 2. The quantitative estimate of drug-likeness (QED) is 0.589. The van der Waals surface area contributed by atoms with Gasteiger partial charge < -0.3 is 14.8 Å². The van der Waals surface area contributed by atoms with Gasteiger partial charge in [0, 0.05) is 19.8 Å². The molecule has 0 aliphatic carbocycles. The molecule has 0 bridgehead atoms. The van der Waals surface area contributed by atoms with Crippen LogP contribution in [0.1, 0.15) is 5.82 Å². The average molecular weight is 405 g/mol. The van der Waals surface area contributed by atoms with E-state index in [1.165, 1.54) is 31.3 Å². The molecule has 0 spiro atoms. The number of hydrogen-bond acceptors (Lipinski definition) is 5. The second-order valence-electron chi connectivity index (χ2n) is 5.46. The fourth-order valence-corrected chi connectivity index (χ4v) is 2.81. The topological polar surface area (TPSA) is 80.1 Å². The number of amides is 2. The highest BCUT2D eigenvalue weighted by molar-refractivity contribution is 7.99. The van der Waals surface area contributed by atoms with Gasteiger partial charge in [-0.05, 0) is 24.3 Å². The van der Waals surface area contributed by atoms with Crippen LogP contribution in [0.3, 0.4) is 0 Å². The Morgan fingerprint density at radius 3 is 2.41 bits per heavy atom. The first-order valence-corrected chi connectivity index (χ1v) is 8.45. The van der Waals surface area contributed by atoms with Crippen molar-refractivity contribution in [1.82, 2.24) is 19.7 Å². The zero-order valence-electron chi connectivity index (χ0n) is 14.2. The largest absolute Gasteiger partial charge is 0.451 e. The lowest BCUT2D eigenvalue weighted by atomic mass is 10.3. The molecule has 0 fully saturated rings. The first-order chi connectivity index (χ1) is 12.6. The van der Waals surface area contributed by atoms with Crippen LogP contribution in [0.5, 0.6) is 0 Å². The summed E-state index contributed by atoms with van der Waals surface area (Å²) in [7, 11) is 2.53. The van der Waals surface area contributed by atoms with Gasteiger partial charge in [-0.2, -0.15) is 13.2 Å². The first kappa shape index (κ1) is 20.7. The van der Waals surface area contributed by atoms with Crippen LogP contribution in [0.15, 0.2) is 29.4 Å². The van der Waals surface area contributed by atoms with Gasteiger partial charge in [-0.25, -0.2) is 4.39 Å². The van der Waals surface area contributed by atoms with Crippen LogP contribution < -0.4 is 5.32 Å². The van der Waals surface area contributed by atoms with E-state index in [1.54, 1.807) is 0 Å². The molecule has 1 aromatic carbocycles. The Morgan fingerprint density at radius 2 is 1.85 bits per heavy atom. The van der Waals surface area contributed by atoms with Gasteiger partial charge in [0.1, 0.15) is 5.82 Å².